The number of nitrogens with zero attached hydrogens (tertiary/aromatic N) is 7. The van der Waals surface area contributed by atoms with E-state index >= 15 is 0 Å². The summed E-state index contributed by atoms with van der Waals surface area (Å²) in [6.45, 7) is 2.85. The molecular formula is C22H22F2N8O. The molecule has 170 valence electrons. The van der Waals surface area contributed by atoms with Gasteiger partial charge in [0.05, 0.1) is 12.2 Å². The van der Waals surface area contributed by atoms with Gasteiger partial charge in [-0.2, -0.15) is 8.78 Å². The molecule has 1 fully saturated rings. The van der Waals surface area contributed by atoms with Gasteiger partial charge in [0.1, 0.15) is 11.5 Å². The highest BCUT2D eigenvalue weighted by Gasteiger charge is 2.23. The van der Waals surface area contributed by atoms with Gasteiger partial charge in [0.25, 0.3) is 5.89 Å². The summed E-state index contributed by atoms with van der Waals surface area (Å²) in [6.07, 6.45) is 3.12. The van der Waals surface area contributed by atoms with Crippen LogP contribution in [0.3, 0.4) is 0 Å². The zero-order valence-electron chi connectivity index (χ0n) is 17.7. The molecular weight excluding hydrogens is 430 g/mol. The normalized spacial score (nSPS) is 15.4. The highest BCUT2D eigenvalue weighted by molar-refractivity contribution is 5.58. The number of halogens is 2. The van der Waals surface area contributed by atoms with E-state index in [0.717, 1.165) is 30.8 Å². The van der Waals surface area contributed by atoms with Crippen LogP contribution in [0.25, 0.3) is 22.7 Å². The highest BCUT2D eigenvalue weighted by atomic mass is 19.3. The van der Waals surface area contributed by atoms with E-state index in [4.69, 9.17) is 10.2 Å². The monoisotopic (exact) mass is 452 g/mol. The van der Waals surface area contributed by atoms with Crippen LogP contribution in [-0.2, 0) is 0 Å². The Bertz CT molecular complexity index is 1200. The first-order valence-electron chi connectivity index (χ1n) is 10.6. The lowest BCUT2D eigenvalue weighted by molar-refractivity contribution is 0.116. The first-order chi connectivity index (χ1) is 16.1. The largest absolute Gasteiger partial charge is 0.415 e. The van der Waals surface area contributed by atoms with Crippen molar-refractivity contribution in [2.24, 2.45) is 0 Å². The number of likely N-dealkylation sites (tertiary alicyclic amines) is 1. The zero-order chi connectivity index (χ0) is 22.8. The number of hydrogen-bond acceptors (Lipinski definition) is 8. The van der Waals surface area contributed by atoms with Crippen molar-refractivity contribution < 1.29 is 13.2 Å². The molecule has 0 saturated carbocycles. The summed E-state index contributed by atoms with van der Waals surface area (Å²) in [4.78, 5) is 6.53. The molecule has 5 rings (SSSR count). The van der Waals surface area contributed by atoms with Crippen LogP contribution in [-0.4, -0.2) is 54.7 Å². The van der Waals surface area contributed by atoms with Crippen molar-refractivity contribution in [3.63, 3.8) is 0 Å². The van der Waals surface area contributed by atoms with Crippen LogP contribution >= 0.6 is 0 Å². The van der Waals surface area contributed by atoms with Gasteiger partial charge in [-0.05, 0) is 55.8 Å². The van der Waals surface area contributed by atoms with Gasteiger partial charge in [0.2, 0.25) is 5.89 Å². The molecule has 4 aromatic rings. The fraction of sp³-hybridized carbons (Fsp3) is 0.318. The summed E-state index contributed by atoms with van der Waals surface area (Å²) in [5, 5.41) is 15.8. The number of nitrogen functional groups attached to an aromatic ring is 1. The van der Waals surface area contributed by atoms with Gasteiger partial charge >= 0.3 is 6.43 Å². The standard InChI is InChI=1S/C22H22F2N8O/c23-20(24)22-29-28-21(33-22)15-5-3-14(4-6-15)18(13-31-9-1-2-10-31)32-12-17(27-30-32)16-7-8-19(25)26-11-16/h3-8,11-12,18,20H,1-2,9-10,13H2,(H2,25,26). The first-order valence-corrected chi connectivity index (χ1v) is 10.6. The Balaban J connectivity index is 1.43. The van der Waals surface area contributed by atoms with Crippen LogP contribution < -0.4 is 5.73 Å². The Hall–Kier alpha value is -3.73. The SMILES string of the molecule is Nc1ccc(-c2cn(C(CN3CCCC3)c3ccc(-c4nnc(C(F)F)o4)cc3)nn2)cn1. The van der Waals surface area contributed by atoms with Crippen molar-refractivity contribution >= 4 is 5.82 Å². The lowest BCUT2D eigenvalue weighted by atomic mass is 10.0. The van der Waals surface area contributed by atoms with Gasteiger partial charge in [-0.25, -0.2) is 9.67 Å². The fourth-order valence-electron chi connectivity index (χ4n) is 3.96. The second kappa shape index (κ2) is 9.02. The van der Waals surface area contributed by atoms with Crippen LogP contribution in [0.15, 0.2) is 53.2 Å². The molecule has 0 bridgehead atoms. The van der Waals surface area contributed by atoms with Crippen LogP contribution in [0.4, 0.5) is 14.6 Å². The maximum absolute atomic E-state index is 12.8. The molecule has 2 N–H and O–H groups in total. The first kappa shape index (κ1) is 21.1. The Kier molecular flexibility index (Phi) is 5.78. The van der Waals surface area contributed by atoms with E-state index in [9.17, 15) is 8.78 Å². The van der Waals surface area contributed by atoms with Gasteiger partial charge in [-0.1, -0.05) is 17.3 Å². The van der Waals surface area contributed by atoms with Crippen LogP contribution in [0.2, 0.25) is 0 Å². The van der Waals surface area contributed by atoms with E-state index in [-0.39, 0.29) is 11.9 Å². The summed E-state index contributed by atoms with van der Waals surface area (Å²) in [5.41, 5.74) is 8.80. The smallest absolute Gasteiger partial charge is 0.314 e. The van der Waals surface area contributed by atoms with Crippen molar-refractivity contribution in [1.29, 1.82) is 0 Å². The van der Waals surface area contributed by atoms with Crippen molar-refractivity contribution in [3.8, 4) is 22.7 Å². The molecule has 1 aliphatic heterocycles. The van der Waals surface area contributed by atoms with Crippen LogP contribution in [0.5, 0.6) is 0 Å². The topological polar surface area (TPSA) is 112 Å². The Morgan fingerprint density at radius 1 is 0.970 bits per heavy atom. The van der Waals surface area contributed by atoms with E-state index in [1.54, 1.807) is 24.4 Å². The fourth-order valence-corrected chi connectivity index (χ4v) is 3.96. The average Bonchev–Trinajstić information content (AvgIpc) is 3.60. The Morgan fingerprint density at radius 3 is 2.39 bits per heavy atom. The summed E-state index contributed by atoms with van der Waals surface area (Å²) in [6, 6.07) is 10.9. The molecule has 3 aromatic heterocycles. The summed E-state index contributed by atoms with van der Waals surface area (Å²) >= 11 is 0. The minimum absolute atomic E-state index is 0.0619. The minimum atomic E-state index is -2.80. The van der Waals surface area contributed by atoms with E-state index in [2.05, 4.69) is 30.4 Å². The van der Waals surface area contributed by atoms with Gasteiger partial charge in [0, 0.05) is 23.9 Å². The quantitative estimate of drug-likeness (QED) is 0.453. The summed E-state index contributed by atoms with van der Waals surface area (Å²) < 4.78 is 32.4. The average molecular weight is 452 g/mol. The molecule has 9 nitrogen and oxygen atoms in total. The van der Waals surface area contributed by atoms with Crippen LogP contribution in [0, 0.1) is 0 Å². The maximum atomic E-state index is 12.8. The number of pyridine rings is 1. The predicted octanol–water partition coefficient (Wildman–Crippen LogP) is 3.60. The summed E-state index contributed by atoms with van der Waals surface area (Å²) in [7, 11) is 0. The number of aromatic nitrogens is 6. The van der Waals surface area contributed by atoms with E-state index in [0.29, 0.717) is 17.1 Å². The zero-order valence-corrected chi connectivity index (χ0v) is 17.7. The molecule has 1 aliphatic rings. The van der Waals surface area contributed by atoms with Crippen molar-refractivity contribution in [1.82, 2.24) is 35.1 Å². The number of anilines is 1. The Morgan fingerprint density at radius 2 is 1.73 bits per heavy atom. The second-order valence-corrected chi connectivity index (χ2v) is 7.95. The molecule has 1 unspecified atom stereocenters. The third kappa shape index (κ3) is 4.58. The van der Waals surface area contributed by atoms with E-state index < -0.39 is 12.3 Å². The van der Waals surface area contributed by atoms with Crippen molar-refractivity contribution in [2.75, 3.05) is 25.4 Å². The molecule has 1 atom stereocenters. The van der Waals surface area contributed by atoms with Crippen molar-refractivity contribution in [3.05, 3.63) is 60.2 Å². The minimum Gasteiger partial charge on any atom is -0.415 e. The molecule has 11 heteroatoms. The third-order valence-electron chi connectivity index (χ3n) is 5.71. The number of benzene rings is 1. The number of nitrogens with two attached hydrogens (primary N) is 1. The summed E-state index contributed by atoms with van der Waals surface area (Å²) in [5.74, 6) is -0.180. The predicted molar refractivity (Wildman–Crippen MR) is 116 cm³/mol. The molecule has 0 aliphatic carbocycles. The number of hydrogen-bond donors (Lipinski definition) is 1. The number of alkyl halides is 2. The molecule has 0 spiro atoms. The lowest BCUT2D eigenvalue weighted by Gasteiger charge is -2.24. The van der Waals surface area contributed by atoms with Gasteiger partial charge in [-0.15, -0.1) is 15.3 Å². The van der Waals surface area contributed by atoms with Gasteiger partial charge < -0.3 is 15.1 Å². The molecule has 1 aromatic carbocycles. The van der Waals surface area contributed by atoms with Crippen LogP contribution in [0.1, 0.15) is 36.8 Å². The maximum Gasteiger partial charge on any atom is 0.314 e. The van der Waals surface area contributed by atoms with Crippen molar-refractivity contribution in [2.45, 2.75) is 25.3 Å². The number of rotatable bonds is 7. The molecule has 33 heavy (non-hydrogen) atoms. The molecule has 0 amide bonds. The molecule has 4 heterocycles. The van der Waals surface area contributed by atoms with E-state index in [1.165, 1.54) is 12.8 Å². The van der Waals surface area contributed by atoms with Gasteiger partial charge in [-0.3, -0.25) is 0 Å². The molecule has 0 radical (unpaired) electrons. The highest BCUT2D eigenvalue weighted by Crippen LogP contribution is 2.28. The Labute approximate surface area is 188 Å². The lowest BCUT2D eigenvalue weighted by Crippen LogP contribution is -2.29. The third-order valence-corrected chi connectivity index (χ3v) is 5.71. The van der Waals surface area contributed by atoms with Gasteiger partial charge in [0.15, 0.2) is 0 Å². The van der Waals surface area contributed by atoms with E-state index in [1.807, 2.05) is 29.1 Å². The molecule has 1 saturated heterocycles. The second-order valence-electron chi connectivity index (χ2n) is 7.95.